The molecule has 0 spiro atoms. The second-order valence-corrected chi connectivity index (χ2v) is 9.64. The van der Waals surface area contributed by atoms with E-state index in [-0.39, 0.29) is 28.1 Å². The molecule has 0 N–H and O–H groups in total. The smallest absolute Gasteiger partial charge is 0.329 e. The molecule has 0 radical (unpaired) electrons. The summed E-state index contributed by atoms with van der Waals surface area (Å²) < 4.78 is 28.3. The fraction of sp³-hybridized carbons (Fsp3) is 0.238. The van der Waals surface area contributed by atoms with Gasteiger partial charge >= 0.3 is 5.97 Å². The van der Waals surface area contributed by atoms with Gasteiger partial charge in [-0.2, -0.15) is 0 Å². The van der Waals surface area contributed by atoms with E-state index < -0.39 is 51.8 Å². The van der Waals surface area contributed by atoms with Crippen LogP contribution < -0.4 is 0 Å². The zero-order valence-corrected chi connectivity index (χ0v) is 18.0. The van der Waals surface area contributed by atoms with Gasteiger partial charge < -0.3 is 4.74 Å². The molecule has 0 saturated carbocycles. The number of ether oxygens (including phenoxy) is 1. The van der Waals surface area contributed by atoms with Gasteiger partial charge in [0.1, 0.15) is 15.9 Å². The minimum atomic E-state index is -3.51. The van der Waals surface area contributed by atoms with Gasteiger partial charge in [0.2, 0.25) is 5.78 Å². The van der Waals surface area contributed by atoms with E-state index in [2.05, 4.69) is 0 Å². The molecule has 2 aromatic carbocycles. The highest BCUT2D eigenvalue weighted by atomic mass is 35.5. The Morgan fingerprint density at radius 3 is 2.10 bits per heavy atom. The second-order valence-electron chi connectivity index (χ2n) is 6.97. The molecule has 1 aliphatic heterocycles. The van der Waals surface area contributed by atoms with Crippen LogP contribution in [0.3, 0.4) is 0 Å². The average Bonchev–Trinajstić information content (AvgIpc) is 2.97. The van der Waals surface area contributed by atoms with Gasteiger partial charge in [0.15, 0.2) is 6.61 Å². The van der Waals surface area contributed by atoms with Crippen molar-refractivity contribution in [2.45, 2.75) is 12.5 Å². The van der Waals surface area contributed by atoms with E-state index in [1.165, 1.54) is 24.3 Å². The first-order valence-electron chi connectivity index (χ1n) is 9.19. The molecular formula is C21H18ClNO7S. The predicted octanol–water partition coefficient (Wildman–Crippen LogP) is 2.17. The first-order chi connectivity index (χ1) is 14.6. The van der Waals surface area contributed by atoms with Crippen LogP contribution in [0, 0.1) is 0 Å². The minimum absolute atomic E-state index is 0.108. The summed E-state index contributed by atoms with van der Waals surface area (Å²) in [7, 11) is -3.51. The number of sulfone groups is 1. The number of benzene rings is 2. The maximum absolute atomic E-state index is 12.8. The molecule has 31 heavy (non-hydrogen) atoms. The van der Waals surface area contributed by atoms with Crippen molar-refractivity contribution >= 4 is 45.0 Å². The summed E-state index contributed by atoms with van der Waals surface area (Å²) in [4.78, 5) is 51.3. The molecule has 2 aromatic rings. The predicted molar refractivity (Wildman–Crippen MR) is 112 cm³/mol. The van der Waals surface area contributed by atoms with Gasteiger partial charge in [-0.3, -0.25) is 19.3 Å². The Labute approximate surface area is 183 Å². The molecule has 0 aromatic heterocycles. The van der Waals surface area contributed by atoms with Gasteiger partial charge in [0, 0.05) is 11.8 Å². The first-order valence-corrected chi connectivity index (χ1v) is 11.6. The number of imide groups is 1. The van der Waals surface area contributed by atoms with Gasteiger partial charge in [-0.1, -0.05) is 35.9 Å². The van der Waals surface area contributed by atoms with Crippen LogP contribution in [-0.4, -0.2) is 61.5 Å². The van der Waals surface area contributed by atoms with Gasteiger partial charge in [-0.25, -0.2) is 13.2 Å². The lowest BCUT2D eigenvalue weighted by molar-refractivity contribution is -0.147. The van der Waals surface area contributed by atoms with Crippen molar-refractivity contribution in [1.82, 2.24) is 4.90 Å². The molecule has 3 rings (SSSR count). The van der Waals surface area contributed by atoms with Crippen LogP contribution in [0.15, 0.2) is 48.5 Å². The maximum atomic E-state index is 12.8. The molecule has 162 valence electrons. The molecule has 1 heterocycles. The molecule has 1 aliphatic rings. The minimum Gasteiger partial charge on any atom is -0.456 e. The SMILES string of the molecule is CS(=O)(=O)CC[C@@H](C(=O)OCC(=O)c1ccccc1Cl)N1C(=O)c2ccccc2C1=O. The highest BCUT2D eigenvalue weighted by Crippen LogP contribution is 2.26. The molecular weight excluding hydrogens is 446 g/mol. The van der Waals surface area contributed by atoms with E-state index in [0.717, 1.165) is 6.26 Å². The Kier molecular flexibility index (Phi) is 6.56. The van der Waals surface area contributed by atoms with Crippen molar-refractivity contribution in [3.63, 3.8) is 0 Å². The number of amides is 2. The van der Waals surface area contributed by atoms with Crippen molar-refractivity contribution in [2.75, 3.05) is 18.6 Å². The third kappa shape index (κ3) is 5.00. The largest absolute Gasteiger partial charge is 0.456 e. The number of fused-ring (bicyclic) bond motifs is 1. The number of hydrogen-bond donors (Lipinski definition) is 0. The molecule has 0 fully saturated rings. The Morgan fingerprint density at radius 2 is 1.55 bits per heavy atom. The lowest BCUT2D eigenvalue weighted by Gasteiger charge is -2.24. The molecule has 0 bridgehead atoms. The van der Waals surface area contributed by atoms with Crippen LogP contribution in [0.2, 0.25) is 5.02 Å². The number of hydrogen-bond acceptors (Lipinski definition) is 7. The number of carbonyl (C=O) groups is 4. The number of ketones is 1. The Bertz CT molecular complexity index is 1140. The standard InChI is InChI=1S/C21H18ClNO7S/c1-31(28,29)11-10-17(23-19(25)13-6-2-3-7-14(13)20(23)26)21(27)30-12-18(24)15-8-4-5-9-16(15)22/h2-9,17H,10-12H2,1H3/t17-/m0/s1. The van der Waals surface area contributed by atoms with Crippen LogP contribution in [0.1, 0.15) is 37.5 Å². The van der Waals surface area contributed by atoms with Crippen LogP contribution >= 0.6 is 11.6 Å². The highest BCUT2D eigenvalue weighted by molar-refractivity contribution is 7.90. The number of Topliss-reactive ketones (excluding diaryl/α,β-unsaturated/α-hetero) is 1. The van der Waals surface area contributed by atoms with Crippen molar-refractivity contribution in [1.29, 1.82) is 0 Å². The van der Waals surface area contributed by atoms with Crippen molar-refractivity contribution in [2.24, 2.45) is 0 Å². The quantitative estimate of drug-likeness (QED) is 0.334. The first kappa shape index (κ1) is 22.6. The second kappa shape index (κ2) is 8.99. The lowest BCUT2D eigenvalue weighted by atomic mass is 10.1. The maximum Gasteiger partial charge on any atom is 0.329 e. The molecule has 2 amide bonds. The Morgan fingerprint density at radius 1 is 1.00 bits per heavy atom. The topological polar surface area (TPSA) is 115 Å². The highest BCUT2D eigenvalue weighted by Gasteiger charge is 2.43. The number of halogens is 1. The summed E-state index contributed by atoms with van der Waals surface area (Å²) in [5.41, 5.74) is 0.360. The van der Waals surface area contributed by atoms with Gasteiger partial charge in [-0.15, -0.1) is 0 Å². The van der Waals surface area contributed by atoms with E-state index in [0.29, 0.717) is 4.90 Å². The number of nitrogens with zero attached hydrogens (tertiary/aromatic N) is 1. The summed E-state index contributed by atoms with van der Waals surface area (Å²) in [6, 6.07) is 10.7. The molecule has 10 heteroatoms. The molecule has 8 nitrogen and oxygen atoms in total. The molecule has 0 unspecified atom stereocenters. The summed E-state index contributed by atoms with van der Waals surface area (Å²) >= 11 is 5.96. The summed E-state index contributed by atoms with van der Waals surface area (Å²) in [6.45, 7) is -0.679. The summed E-state index contributed by atoms with van der Waals surface area (Å²) in [5.74, 6) is -3.55. The van der Waals surface area contributed by atoms with Gasteiger partial charge in [-0.05, 0) is 30.7 Å². The van der Waals surface area contributed by atoms with Crippen LogP contribution in [0.5, 0.6) is 0 Å². The lowest BCUT2D eigenvalue weighted by Crippen LogP contribution is -2.46. The van der Waals surface area contributed by atoms with Crippen LogP contribution in [0.25, 0.3) is 0 Å². The monoisotopic (exact) mass is 463 g/mol. The number of carbonyl (C=O) groups excluding carboxylic acids is 4. The Balaban J connectivity index is 1.81. The molecule has 0 saturated heterocycles. The summed E-state index contributed by atoms with van der Waals surface area (Å²) in [6.07, 6.45) is 0.613. The zero-order chi connectivity index (χ0) is 22.8. The van der Waals surface area contributed by atoms with Crippen molar-refractivity contribution < 1.29 is 32.3 Å². The third-order valence-electron chi connectivity index (χ3n) is 4.69. The van der Waals surface area contributed by atoms with E-state index in [1.54, 1.807) is 24.3 Å². The number of rotatable bonds is 8. The van der Waals surface area contributed by atoms with Crippen molar-refractivity contribution in [3.8, 4) is 0 Å². The van der Waals surface area contributed by atoms with Crippen LogP contribution in [0.4, 0.5) is 0 Å². The molecule has 1 atom stereocenters. The van der Waals surface area contributed by atoms with Gasteiger partial charge in [0.05, 0.1) is 21.9 Å². The normalized spacial score (nSPS) is 14.3. The van der Waals surface area contributed by atoms with E-state index in [9.17, 15) is 27.6 Å². The van der Waals surface area contributed by atoms with E-state index in [4.69, 9.17) is 16.3 Å². The van der Waals surface area contributed by atoms with E-state index in [1.807, 2.05) is 0 Å². The van der Waals surface area contributed by atoms with Crippen molar-refractivity contribution in [3.05, 3.63) is 70.2 Å². The summed E-state index contributed by atoms with van der Waals surface area (Å²) in [5, 5.41) is 0.178. The zero-order valence-electron chi connectivity index (χ0n) is 16.4. The fourth-order valence-electron chi connectivity index (χ4n) is 3.17. The van der Waals surface area contributed by atoms with E-state index >= 15 is 0 Å². The number of esters is 1. The Hall–Kier alpha value is -3.04. The molecule has 0 aliphatic carbocycles. The fourth-order valence-corrected chi connectivity index (χ4v) is 4.06. The average molecular weight is 464 g/mol. The van der Waals surface area contributed by atoms with Gasteiger partial charge in [0.25, 0.3) is 11.8 Å². The van der Waals surface area contributed by atoms with Crippen LogP contribution in [-0.2, 0) is 19.4 Å². The third-order valence-corrected chi connectivity index (χ3v) is 6.00.